The molecule has 1 aliphatic rings. The molecule has 76 valence electrons. The van der Waals surface area contributed by atoms with E-state index in [4.69, 9.17) is 23.2 Å². The van der Waals surface area contributed by atoms with Crippen LogP contribution in [0.3, 0.4) is 0 Å². The van der Waals surface area contributed by atoms with E-state index in [9.17, 15) is 0 Å². The smallest absolute Gasteiger partial charge is 0.121 e. The van der Waals surface area contributed by atoms with Crippen molar-refractivity contribution in [2.45, 2.75) is 17.2 Å². The van der Waals surface area contributed by atoms with Crippen molar-refractivity contribution in [3.05, 3.63) is 30.3 Å². The van der Waals surface area contributed by atoms with E-state index in [0.717, 1.165) is 25.9 Å². The molecule has 0 saturated carbocycles. The van der Waals surface area contributed by atoms with E-state index in [1.54, 1.807) is 0 Å². The number of halogens is 2. The number of alkyl halides is 2. The molecule has 1 heterocycles. The molecule has 1 fully saturated rings. The fourth-order valence-corrected chi connectivity index (χ4v) is 2.07. The molecule has 0 atom stereocenters. The minimum absolute atomic E-state index is 0.509. The van der Waals surface area contributed by atoms with Gasteiger partial charge in [0, 0.05) is 18.8 Å². The second-order valence-corrected chi connectivity index (χ2v) is 5.32. The molecule has 1 saturated heterocycles. The van der Waals surface area contributed by atoms with Gasteiger partial charge < -0.3 is 4.90 Å². The molecule has 3 heteroatoms. The second kappa shape index (κ2) is 4.00. The number of rotatable bonds is 1. The third-order valence-electron chi connectivity index (χ3n) is 2.62. The topological polar surface area (TPSA) is 3.24 Å². The molecule has 1 aliphatic heterocycles. The molecule has 0 bridgehead atoms. The molecular weight excluding hydrogens is 217 g/mol. The van der Waals surface area contributed by atoms with Crippen LogP contribution in [0.2, 0.25) is 0 Å². The highest BCUT2D eigenvalue weighted by Gasteiger charge is 2.29. The Bertz CT molecular complexity index is 287. The first kappa shape index (κ1) is 10.1. The van der Waals surface area contributed by atoms with Crippen molar-refractivity contribution in [3.63, 3.8) is 0 Å². The summed E-state index contributed by atoms with van der Waals surface area (Å²) >= 11 is 12.1. The number of nitrogens with zero attached hydrogens (tertiary/aromatic N) is 1. The lowest BCUT2D eigenvalue weighted by atomic mass is 10.1. The lowest BCUT2D eigenvalue weighted by molar-refractivity contribution is 0.547. The summed E-state index contributed by atoms with van der Waals surface area (Å²) in [7, 11) is 0. The maximum absolute atomic E-state index is 6.06. The summed E-state index contributed by atoms with van der Waals surface area (Å²) in [5.41, 5.74) is 1.26. The summed E-state index contributed by atoms with van der Waals surface area (Å²) < 4.78 is -0.509. The fraction of sp³-hybridized carbons (Fsp3) is 0.455. The fourth-order valence-electron chi connectivity index (χ4n) is 1.73. The molecule has 0 aromatic heterocycles. The first-order valence-corrected chi connectivity index (χ1v) is 5.61. The molecule has 14 heavy (non-hydrogen) atoms. The Labute approximate surface area is 94.6 Å². The van der Waals surface area contributed by atoms with Crippen LogP contribution in [0.25, 0.3) is 0 Å². The Morgan fingerprint density at radius 3 is 2.14 bits per heavy atom. The molecule has 0 radical (unpaired) electrons. The summed E-state index contributed by atoms with van der Waals surface area (Å²) in [5.74, 6) is 0. The van der Waals surface area contributed by atoms with Crippen LogP contribution in [0, 0.1) is 0 Å². The standard InChI is InChI=1S/C11H13Cl2N/c12-11(13)6-8-14(9-7-11)10-4-2-1-3-5-10/h1-5H,6-9H2. The van der Waals surface area contributed by atoms with Gasteiger partial charge in [0.1, 0.15) is 4.33 Å². The average Bonchev–Trinajstić information content (AvgIpc) is 2.19. The van der Waals surface area contributed by atoms with Crippen LogP contribution in [0.1, 0.15) is 12.8 Å². The van der Waals surface area contributed by atoms with Gasteiger partial charge in [0.2, 0.25) is 0 Å². The Kier molecular flexibility index (Phi) is 2.89. The third kappa shape index (κ3) is 2.34. The van der Waals surface area contributed by atoms with Gasteiger partial charge in [0.25, 0.3) is 0 Å². The van der Waals surface area contributed by atoms with Crippen molar-refractivity contribution in [2.24, 2.45) is 0 Å². The van der Waals surface area contributed by atoms with Gasteiger partial charge >= 0.3 is 0 Å². The molecule has 0 aliphatic carbocycles. The summed E-state index contributed by atoms with van der Waals surface area (Å²) in [6.07, 6.45) is 1.68. The van der Waals surface area contributed by atoms with Crippen molar-refractivity contribution in [2.75, 3.05) is 18.0 Å². The van der Waals surface area contributed by atoms with E-state index in [1.165, 1.54) is 5.69 Å². The molecule has 1 nitrogen and oxygen atoms in total. The zero-order valence-electron chi connectivity index (χ0n) is 7.92. The van der Waals surface area contributed by atoms with E-state index in [0.29, 0.717) is 0 Å². The van der Waals surface area contributed by atoms with Gasteiger partial charge in [0.15, 0.2) is 0 Å². The van der Waals surface area contributed by atoms with E-state index in [-0.39, 0.29) is 0 Å². The van der Waals surface area contributed by atoms with Crippen LogP contribution >= 0.6 is 23.2 Å². The predicted octanol–water partition coefficient (Wildman–Crippen LogP) is 3.46. The van der Waals surface area contributed by atoms with Crippen molar-refractivity contribution in [1.82, 2.24) is 0 Å². The summed E-state index contributed by atoms with van der Waals surface area (Å²) in [6, 6.07) is 10.4. The molecular formula is C11H13Cl2N. The highest BCUT2D eigenvalue weighted by Crippen LogP contribution is 2.34. The Morgan fingerprint density at radius 1 is 1.00 bits per heavy atom. The normalized spacial score (nSPS) is 20.9. The van der Waals surface area contributed by atoms with Gasteiger partial charge in [-0.3, -0.25) is 0 Å². The molecule has 0 N–H and O–H groups in total. The SMILES string of the molecule is ClC1(Cl)CCN(c2ccccc2)CC1. The van der Waals surface area contributed by atoms with Gasteiger partial charge in [-0.1, -0.05) is 18.2 Å². The molecule has 2 rings (SSSR count). The number of anilines is 1. The quantitative estimate of drug-likeness (QED) is 0.668. The Morgan fingerprint density at radius 2 is 1.57 bits per heavy atom. The van der Waals surface area contributed by atoms with Crippen molar-refractivity contribution in [3.8, 4) is 0 Å². The van der Waals surface area contributed by atoms with E-state index in [2.05, 4.69) is 29.2 Å². The summed E-state index contributed by atoms with van der Waals surface area (Å²) in [5, 5.41) is 0. The maximum Gasteiger partial charge on any atom is 0.121 e. The van der Waals surface area contributed by atoms with E-state index < -0.39 is 4.33 Å². The Hall–Kier alpha value is -0.400. The van der Waals surface area contributed by atoms with Gasteiger partial charge in [-0.05, 0) is 25.0 Å². The van der Waals surface area contributed by atoms with Gasteiger partial charge in [-0.15, -0.1) is 23.2 Å². The minimum Gasteiger partial charge on any atom is -0.371 e. The number of benzene rings is 1. The second-order valence-electron chi connectivity index (χ2n) is 3.68. The third-order valence-corrected chi connectivity index (χ3v) is 3.37. The zero-order valence-corrected chi connectivity index (χ0v) is 9.43. The van der Waals surface area contributed by atoms with Crippen LogP contribution in [0.5, 0.6) is 0 Å². The molecule has 0 amide bonds. The first-order valence-electron chi connectivity index (χ1n) is 4.85. The predicted molar refractivity (Wildman–Crippen MR) is 62.3 cm³/mol. The van der Waals surface area contributed by atoms with Crippen molar-refractivity contribution < 1.29 is 0 Å². The minimum atomic E-state index is -0.509. The first-order chi connectivity index (χ1) is 6.67. The van der Waals surface area contributed by atoms with Crippen LogP contribution in [-0.2, 0) is 0 Å². The van der Waals surface area contributed by atoms with Gasteiger partial charge in [-0.2, -0.15) is 0 Å². The van der Waals surface area contributed by atoms with Crippen LogP contribution < -0.4 is 4.90 Å². The largest absolute Gasteiger partial charge is 0.371 e. The average molecular weight is 230 g/mol. The van der Waals surface area contributed by atoms with E-state index in [1.807, 2.05) is 6.07 Å². The monoisotopic (exact) mass is 229 g/mol. The summed E-state index contributed by atoms with van der Waals surface area (Å²) in [4.78, 5) is 2.32. The van der Waals surface area contributed by atoms with Crippen LogP contribution in [0.15, 0.2) is 30.3 Å². The molecule has 0 spiro atoms. The highest BCUT2D eigenvalue weighted by atomic mass is 35.5. The number of para-hydroxylation sites is 1. The summed E-state index contributed by atoms with van der Waals surface area (Å²) in [6.45, 7) is 1.88. The number of hydrogen-bond acceptors (Lipinski definition) is 1. The number of piperidine rings is 1. The van der Waals surface area contributed by atoms with Crippen LogP contribution in [-0.4, -0.2) is 17.4 Å². The van der Waals surface area contributed by atoms with Gasteiger partial charge in [0.05, 0.1) is 0 Å². The van der Waals surface area contributed by atoms with Gasteiger partial charge in [-0.25, -0.2) is 0 Å². The molecule has 0 unspecified atom stereocenters. The lowest BCUT2D eigenvalue weighted by Gasteiger charge is -2.35. The number of hydrogen-bond donors (Lipinski definition) is 0. The molecule has 1 aromatic rings. The molecule has 1 aromatic carbocycles. The highest BCUT2D eigenvalue weighted by molar-refractivity contribution is 6.48. The van der Waals surface area contributed by atoms with Crippen LogP contribution in [0.4, 0.5) is 5.69 Å². The lowest BCUT2D eigenvalue weighted by Crippen LogP contribution is -2.38. The van der Waals surface area contributed by atoms with Crippen molar-refractivity contribution >= 4 is 28.9 Å². The zero-order chi connectivity index (χ0) is 10.0. The van der Waals surface area contributed by atoms with E-state index >= 15 is 0 Å². The Balaban J connectivity index is 2.03. The van der Waals surface area contributed by atoms with Crippen molar-refractivity contribution in [1.29, 1.82) is 0 Å². The maximum atomic E-state index is 6.06.